The topological polar surface area (TPSA) is 53.1 Å². The third-order valence-corrected chi connectivity index (χ3v) is 4.85. The molecule has 1 aliphatic rings. The number of carbonyl (C=O) groups is 2. The maximum atomic E-state index is 12.6. The largest absolute Gasteiger partial charge is 0.492 e. The van der Waals surface area contributed by atoms with Crippen LogP contribution in [0, 0.1) is 6.92 Å². The molecule has 138 valence electrons. The number of hydrogen-bond acceptors (Lipinski definition) is 4. The molecule has 0 aromatic heterocycles. The zero-order valence-electron chi connectivity index (χ0n) is 15.7. The van der Waals surface area contributed by atoms with E-state index >= 15 is 0 Å². The molecule has 0 radical (unpaired) electrons. The molecular weight excluding hydrogens is 318 g/mol. The summed E-state index contributed by atoms with van der Waals surface area (Å²) in [5.41, 5.74) is 1.11. The Hall–Kier alpha value is -2.08. The molecule has 1 heterocycles. The number of nitrogens with zero attached hydrogens (tertiary/aromatic N) is 3. The van der Waals surface area contributed by atoms with E-state index in [4.69, 9.17) is 4.74 Å². The minimum Gasteiger partial charge on any atom is -0.492 e. The van der Waals surface area contributed by atoms with Crippen molar-refractivity contribution in [2.24, 2.45) is 0 Å². The van der Waals surface area contributed by atoms with Crippen molar-refractivity contribution in [3.63, 3.8) is 0 Å². The minimum atomic E-state index is -0.204. The molecule has 1 saturated heterocycles. The molecule has 0 bridgehead atoms. The lowest BCUT2D eigenvalue weighted by molar-refractivity contribution is -0.141. The molecule has 6 nitrogen and oxygen atoms in total. The molecule has 1 aromatic carbocycles. The van der Waals surface area contributed by atoms with Gasteiger partial charge in [0.1, 0.15) is 12.4 Å². The normalized spacial score (nSPS) is 16.0. The van der Waals surface area contributed by atoms with Gasteiger partial charge in [0.2, 0.25) is 11.8 Å². The number of aryl methyl sites for hydroxylation is 1. The lowest BCUT2D eigenvalue weighted by atomic mass is 10.2. The molecule has 1 unspecified atom stereocenters. The summed E-state index contributed by atoms with van der Waals surface area (Å²) in [6.07, 6.45) is 0. The third kappa shape index (κ3) is 5.19. The van der Waals surface area contributed by atoms with Crippen molar-refractivity contribution in [2.45, 2.75) is 26.8 Å². The van der Waals surface area contributed by atoms with Crippen molar-refractivity contribution in [3.05, 3.63) is 29.8 Å². The molecular formula is C19H29N3O3. The minimum absolute atomic E-state index is 0.0746. The van der Waals surface area contributed by atoms with Gasteiger partial charge in [0.15, 0.2) is 0 Å². The van der Waals surface area contributed by atoms with Crippen LogP contribution in [0.15, 0.2) is 24.3 Å². The zero-order chi connectivity index (χ0) is 18.4. The Morgan fingerprint density at radius 2 is 1.76 bits per heavy atom. The highest BCUT2D eigenvalue weighted by Gasteiger charge is 2.27. The number of likely N-dealkylation sites (N-methyl/N-ethyl adjacent to an activating group) is 1. The van der Waals surface area contributed by atoms with E-state index in [1.54, 1.807) is 11.8 Å². The van der Waals surface area contributed by atoms with Gasteiger partial charge in [-0.3, -0.25) is 14.5 Å². The molecule has 25 heavy (non-hydrogen) atoms. The fourth-order valence-electron chi connectivity index (χ4n) is 2.91. The second-order valence-corrected chi connectivity index (χ2v) is 6.60. The number of piperazine rings is 1. The van der Waals surface area contributed by atoms with Crippen molar-refractivity contribution in [1.29, 1.82) is 0 Å². The van der Waals surface area contributed by atoms with E-state index in [1.807, 2.05) is 55.0 Å². The SMILES string of the molecule is CC(=O)N1CCN(C(=O)C(C)N(C)CCOc2ccccc2C)CC1. The Labute approximate surface area is 150 Å². The van der Waals surface area contributed by atoms with E-state index in [0.717, 1.165) is 11.3 Å². The van der Waals surface area contributed by atoms with Crippen molar-refractivity contribution in [2.75, 3.05) is 46.4 Å². The molecule has 0 spiro atoms. The van der Waals surface area contributed by atoms with Crippen LogP contribution >= 0.6 is 0 Å². The van der Waals surface area contributed by atoms with E-state index in [0.29, 0.717) is 39.3 Å². The van der Waals surface area contributed by atoms with Gasteiger partial charge in [0, 0.05) is 39.6 Å². The summed E-state index contributed by atoms with van der Waals surface area (Å²) < 4.78 is 5.81. The average Bonchev–Trinajstić information content (AvgIpc) is 2.62. The van der Waals surface area contributed by atoms with E-state index in [9.17, 15) is 9.59 Å². The van der Waals surface area contributed by atoms with Crippen LogP contribution in [0.5, 0.6) is 5.75 Å². The molecule has 1 aliphatic heterocycles. The molecule has 0 N–H and O–H groups in total. The number of ether oxygens (including phenoxy) is 1. The fourth-order valence-corrected chi connectivity index (χ4v) is 2.91. The first-order chi connectivity index (χ1) is 11.9. The summed E-state index contributed by atoms with van der Waals surface area (Å²) in [5.74, 6) is 1.07. The number of benzene rings is 1. The first-order valence-electron chi connectivity index (χ1n) is 8.83. The first-order valence-corrected chi connectivity index (χ1v) is 8.83. The van der Waals surface area contributed by atoms with Gasteiger partial charge in [-0.05, 0) is 32.5 Å². The van der Waals surface area contributed by atoms with Gasteiger partial charge in [0.25, 0.3) is 0 Å². The average molecular weight is 347 g/mol. The molecule has 2 rings (SSSR count). The number of carbonyl (C=O) groups excluding carboxylic acids is 2. The predicted molar refractivity (Wildman–Crippen MR) is 97.6 cm³/mol. The summed E-state index contributed by atoms with van der Waals surface area (Å²) in [4.78, 5) is 29.7. The summed E-state index contributed by atoms with van der Waals surface area (Å²) in [6, 6.07) is 7.72. The monoisotopic (exact) mass is 347 g/mol. The third-order valence-electron chi connectivity index (χ3n) is 4.85. The van der Waals surface area contributed by atoms with Crippen LogP contribution in [0.25, 0.3) is 0 Å². The van der Waals surface area contributed by atoms with Crippen LogP contribution in [0.3, 0.4) is 0 Å². The van der Waals surface area contributed by atoms with Crippen LogP contribution in [-0.4, -0.2) is 78.9 Å². The van der Waals surface area contributed by atoms with Crippen LogP contribution < -0.4 is 4.74 Å². The Morgan fingerprint density at radius 1 is 1.16 bits per heavy atom. The van der Waals surface area contributed by atoms with Crippen molar-refractivity contribution >= 4 is 11.8 Å². The Morgan fingerprint density at radius 3 is 2.36 bits per heavy atom. The van der Waals surface area contributed by atoms with Crippen LogP contribution in [0.2, 0.25) is 0 Å². The quantitative estimate of drug-likeness (QED) is 0.780. The van der Waals surface area contributed by atoms with Gasteiger partial charge < -0.3 is 14.5 Å². The molecule has 1 atom stereocenters. The van der Waals surface area contributed by atoms with Gasteiger partial charge >= 0.3 is 0 Å². The molecule has 1 fully saturated rings. The highest BCUT2D eigenvalue weighted by molar-refractivity contribution is 5.82. The van der Waals surface area contributed by atoms with Crippen molar-refractivity contribution in [3.8, 4) is 5.75 Å². The highest BCUT2D eigenvalue weighted by atomic mass is 16.5. The van der Waals surface area contributed by atoms with Crippen LogP contribution in [0.1, 0.15) is 19.4 Å². The summed E-state index contributed by atoms with van der Waals surface area (Å²) >= 11 is 0. The van der Waals surface area contributed by atoms with Crippen molar-refractivity contribution in [1.82, 2.24) is 14.7 Å². The fraction of sp³-hybridized carbons (Fsp3) is 0.579. The summed E-state index contributed by atoms with van der Waals surface area (Å²) in [6.45, 7) is 9.18. The lowest BCUT2D eigenvalue weighted by Crippen LogP contribution is -2.54. The maximum absolute atomic E-state index is 12.6. The molecule has 6 heteroatoms. The van der Waals surface area contributed by atoms with E-state index in [2.05, 4.69) is 0 Å². The van der Waals surface area contributed by atoms with Gasteiger partial charge in [-0.1, -0.05) is 18.2 Å². The molecule has 2 amide bonds. The summed E-state index contributed by atoms with van der Waals surface area (Å²) in [5, 5.41) is 0. The molecule has 0 saturated carbocycles. The number of amides is 2. The maximum Gasteiger partial charge on any atom is 0.239 e. The van der Waals surface area contributed by atoms with E-state index in [1.165, 1.54) is 0 Å². The zero-order valence-corrected chi connectivity index (χ0v) is 15.7. The number of rotatable bonds is 6. The predicted octanol–water partition coefficient (Wildman–Crippen LogP) is 1.38. The van der Waals surface area contributed by atoms with E-state index in [-0.39, 0.29) is 17.9 Å². The second kappa shape index (κ2) is 8.85. The van der Waals surface area contributed by atoms with Crippen LogP contribution in [-0.2, 0) is 9.59 Å². The Bertz CT molecular complexity index is 597. The molecule has 0 aliphatic carbocycles. The van der Waals surface area contributed by atoms with Gasteiger partial charge in [-0.2, -0.15) is 0 Å². The van der Waals surface area contributed by atoms with Gasteiger partial charge in [0.05, 0.1) is 6.04 Å². The van der Waals surface area contributed by atoms with Crippen LogP contribution in [0.4, 0.5) is 0 Å². The number of para-hydroxylation sites is 1. The Balaban J connectivity index is 1.77. The molecule has 1 aromatic rings. The smallest absolute Gasteiger partial charge is 0.239 e. The first kappa shape index (κ1) is 19.2. The Kier molecular flexibility index (Phi) is 6.82. The van der Waals surface area contributed by atoms with E-state index < -0.39 is 0 Å². The second-order valence-electron chi connectivity index (χ2n) is 6.60. The lowest BCUT2D eigenvalue weighted by Gasteiger charge is -2.37. The van der Waals surface area contributed by atoms with Gasteiger partial charge in [-0.25, -0.2) is 0 Å². The standard InChI is InChI=1S/C19H29N3O3/c1-15-7-5-6-8-18(15)25-14-13-20(4)16(2)19(24)22-11-9-21(10-12-22)17(3)23/h5-8,16H,9-14H2,1-4H3. The van der Waals surface area contributed by atoms with Crippen molar-refractivity contribution < 1.29 is 14.3 Å². The summed E-state index contributed by atoms with van der Waals surface area (Å²) in [7, 11) is 1.94. The van der Waals surface area contributed by atoms with Gasteiger partial charge in [-0.15, -0.1) is 0 Å². The number of hydrogen-bond donors (Lipinski definition) is 0. The highest BCUT2D eigenvalue weighted by Crippen LogP contribution is 2.16.